The predicted octanol–water partition coefficient (Wildman–Crippen LogP) is 2.29. The largest absolute Gasteiger partial charge is 0.393 e. The number of rotatable bonds is 9. The molecule has 114 valence electrons. The minimum absolute atomic E-state index is 0.254. The van der Waals surface area contributed by atoms with E-state index in [0.717, 1.165) is 25.7 Å². The molecule has 0 fully saturated rings. The van der Waals surface area contributed by atoms with Crippen molar-refractivity contribution in [3.05, 3.63) is 0 Å². The van der Waals surface area contributed by atoms with E-state index < -0.39 is 23.9 Å². The average Bonchev–Trinajstić information content (AvgIpc) is 2.30. The molecule has 0 unspecified atom stereocenters. The molecule has 0 amide bonds. The molecular formula is C14H22O6. The first-order valence-corrected chi connectivity index (χ1v) is 6.84. The first-order valence-electron chi connectivity index (χ1n) is 6.84. The van der Waals surface area contributed by atoms with E-state index in [1.54, 1.807) is 0 Å². The summed E-state index contributed by atoms with van der Waals surface area (Å²) in [7, 11) is 0. The van der Waals surface area contributed by atoms with Gasteiger partial charge in [0.15, 0.2) is 0 Å². The van der Waals surface area contributed by atoms with Gasteiger partial charge in [0.05, 0.1) is 0 Å². The van der Waals surface area contributed by atoms with Crippen LogP contribution in [0.2, 0.25) is 0 Å². The van der Waals surface area contributed by atoms with Gasteiger partial charge in [-0.3, -0.25) is 19.2 Å². The fraction of sp³-hybridized carbons (Fsp3) is 0.714. The zero-order valence-electron chi connectivity index (χ0n) is 12.1. The molecule has 0 aromatic heterocycles. The van der Waals surface area contributed by atoms with Crippen molar-refractivity contribution in [2.75, 3.05) is 0 Å². The Labute approximate surface area is 118 Å². The van der Waals surface area contributed by atoms with Crippen molar-refractivity contribution in [2.45, 2.75) is 65.2 Å². The Bertz CT molecular complexity index is 314. The molecular weight excluding hydrogens is 268 g/mol. The minimum Gasteiger partial charge on any atom is -0.393 e. The van der Waals surface area contributed by atoms with E-state index in [2.05, 4.69) is 9.47 Å². The van der Waals surface area contributed by atoms with Crippen molar-refractivity contribution in [1.82, 2.24) is 0 Å². The van der Waals surface area contributed by atoms with Crippen molar-refractivity contribution >= 4 is 23.9 Å². The van der Waals surface area contributed by atoms with Crippen LogP contribution in [-0.4, -0.2) is 23.9 Å². The standard InChI is InChI=1S/C14H22O6/c1-11(15)19-13(17)9-7-5-3-4-6-8-10-14(18)20-12(2)16/h3-10H2,1-2H3/i9+2,10+2. The number of esters is 4. The van der Waals surface area contributed by atoms with E-state index in [9.17, 15) is 19.2 Å². The third kappa shape index (κ3) is 12.7. The van der Waals surface area contributed by atoms with Crippen LogP contribution in [0.5, 0.6) is 0 Å². The smallest absolute Gasteiger partial charge is 0.313 e. The summed E-state index contributed by atoms with van der Waals surface area (Å²) >= 11 is 0. The van der Waals surface area contributed by atoms with E-state index in [-0.39, 0.29) is 12.8 Å². The Morgan fingerprint density at radius 1 is 0.700 bits per heavy atom. The summed E-state index contributed by atoms with van der Waals surface area (Å²) in [5, 5.41) is 0. The lowest BCUT2D eigenvalue weighted by molar-refractivity contribution is -0.160. The molecule has 0 N–H and O–H groups in total. The molecule has 0 aromatic carbocycles. The highest BCUT2D eigenvalue weighted by atomic mass is 16.6. The minimum atomic E-state index is -0.576. The van der Waals surface area contributed by atoms with Crippen molar-refractivity contribution in [3.63, 3.8) is 0 Å². The van der Waals surface area contributed by atoms with Gasteiger partial charge in [-0.25, -0.2) is 0 Å². The molecule has 0 aliphatic heterocycles. The van der Waals surface area contributed by atoms with Crippen molar-refractivity contribution in [2.24, 2.45) is 0 Å². The second-order valence-electron chi connectivity index (χ2n) is 4.55. The third-order valence-electron chi connectivity index (χ3n) is 2.53. The summed E-state index contributed by atoms with van der Waals surface area (Å²) in [5.74, 6) is -2.12. The van der Waals surface area contributed by atoms with Gasteiger partial charge < -0.3 is 9.47 Å². The molecule has 0 heterocycles. The third-order valence-corrected chi connectivity index (χ3v) is 2.53. The monoisotopic (exact) mass is 290 g/mol. The quantitative estimate of drug-likeness (QED) is 0.368. The van der Waals surface area contributed by atoms with Crippen LogP contribution in [-0.2, 0) is 28.7 Å². The van der Waals surface area contributed by atoms with Crippen LogP contribution in [0.1, 0.15) is 65.2 Å². The van der Waals surface area contributed by atoms with E-state index >= 15 is 0 Å². The van der Waals surface area contributed by atoms with Crippen LogP contribution in [0.4, 0.5) is 0 Å². The zero-order chi connectivity index (χ0) is 15.4. The fourth-order valence-corrected chi connectivity index (χ4v) is 1.67. The molecule has 0 saturated heterocycles. The van der Waals surface area contributed by atoms with Gasteiger partial charge in [-0.15, -0.1) is 0 Å². The van der Waals surface area contributed by atoms with Gasteiger partial charge in [0.2, 0.25) is 0 Å². The molecule has 0 rings (SSSR count). The number of ether oxygens (including phenoxy) is 2. The topological polar surface area (TPSA) is 86.7 Å². The highest BCUT2D eigenvalue weighted by molar-refractivity contribution is 5.84. The Kier molecular flexibility index (Phi) is 10.2. The molecule has 6 nitrogen and oxygen atoms in total. The molecule has 0 atom stereocenters. The molecule has 0 spiro atoms. The lowest BCUT2D eigenvalue weighted by atomic mass is 10.2. The van der Waals surface area contributed by atoms with Crippen LogP contribution in [0.15, 0.2) is 0 Å². The summed E-state index contributed by atoms with van der Waals surface area (Å²) in [6, 6.07) is 0. The van der Waals surface area contributed by atoms with Gasteiger partial charge in [0, 0.05) is 26.7 Å². The number of carbonyl (C=O) groups excluding carboxylic acids is 4. The lowest BCUT2D eigenvalue weighted by Crippen LogP contribution is -2.08. The number of unbranched alkanes of at least 4 members (excludes halogenated alkanes) is 5. The maximum atomic E-state index is 11.0. The Morgan fingerprint density at radius 2 is 1.05 bits per heavy atom. The summed E-state index contributed by atoms with van der Waals surface area (Å²) in [4.78, 5) is 43.0. The van der Waals surface area contributed by atoms with Crippen molar-refractivity contribution in [3.8, 4) is 0 Å². The van der Waals surface area contributed by atoms with E-state index in [1.807, 2.05) is 0 Å². The maximum Gasteiger partial charge on any atom is 0.313 e. The van der Waals surface area contributed by atoms with Gasteiger partial charge in [0.1, 0.15) is 0 Å². The molecule has 20 heavy (non-hydrogen) atoms. The number of carbonyl (C=O) groups is 4. The van der Waals surface area contributed by atoms with Crippen molar-refractivity contribution in [1.29, 1.82) is 0 Å². The normalized spacial score (nSPS) is 9.90. The Hall–Kier alpha value is -1.72. The van der Waals surface area contributed by atoms with Crippen LogP contribution in [0, 0.1) is 0 Å². The summed E-state index contributed by atoms with van der Waals surface area (Å²) < 4.78 is 8.79. The molecule has 0 aliphatic rings. The van der Waals surface area contributed by atoms with Gasteiger partial charge >= 0.3 is 23.9 Å². The van der Waals surface area contributed by atoms with E-state index in [0.29, 0.717) is 12.8 Å². The molecule has 0 aliphatic carbocycles. The highest BCUT2D eigenvalue weighted by Gasteiger charge is 2.06. The Morgan fingerprint density at radius 3 is 1.35 bits per heavy atom. The van der Waals surface area contributed by atoms with E-state index in [1.165, 1.54) is 13.8 Å². The van der Waals surface area contributed by atoms with E-state index in [4.69, 9.17) is 0 Å². The van der Waals surface area contributed by atoms with Crippen molar-refractivity contribution < 1.29 is 28.7 Å². The van der Waals surface area contributed by atoms with Gasteiger partial charge in [-0.1, -0.05) is 25.7 Å². The van der Waals surface area contributed by atoms with Gasteiger partial charge in [-0.05, 0) is 12.8 Å². The molecule has 0 bridgehead atoms. The SMILES string of the molecule is CC(=O)OC(=O)[14CH2]CCCCCC[14CH2]C(=O)OC(C)=O. The fourth-order valence-electron chi connectivity index (χ4n) is 1.67. The molecule has 0 radical (unpaired) electrons. The van der Waals surface area contributed by atoms with Crippen LogP contribution < -0.4 is 0 Å². The molecule has 0 aromatic rings. The summed E-state index contributed by atoms with van der Waals surface area (Å²) in [5.41, 5.74) is 0. The van der Waals surface area contributed by atoms with Crippen LogP contribution in [0.25, 0.3) is 0 Å². The second kappa shape index (κ2) is 11.1. The van der Waals surface area contributed by atoms with Crippen LogP contribution >= 0.6 is 0 Å². The van der Waals surface area contributed by atoms with Crippen LogP contribution in [0.3, 0.4) is 0 Å². The first kappa shape index (κ1) is 18.3. The molecule has 0 saturated carbocycles. The Balaban J connectivity index is 3.33. The van der Waals surface area contributed by atoms with Gasteiger partial charge in [0.25, 0.3) is 0 Å². The van der Waals surface area contributed by atoms with Gasteiger partial charge in [-0.2, -0.15) is 0 Å². The summed E-state index contributed by atoms with van der Waals surface area (Å²) in [6.45, 7) is 2.41. The number of hydrogen-bond donors (Lipinski definition) is 0. The average molecular weight is 290 g/mol. The molecule has 6 heteroatoms. The summed E-state index contributed by atoms with van der Waals surface area (Å²) in [6.07, 6.45) is 5.56. The number of hydrogen-bond acceptors (Lipinski definition) is 6. The first-order chi connectivity index (χ1) is 9.41. The predicted molar refractivity (Wildman–Crippen MR) is 70.5 cm³/mol. The maximum absolute atomic E-state index is 11.0. The lowest BCUT2D eigenvalue weighted by Gasteiger charge is -2.02. The highest BCUT2D eigenvalue weighted by Crippen LogP contribution is 2.09. The second-order valence-corrected chi connectivity index (χ2v) is 4.55. The zero-order valence-corrected chi connectivity index (χ0v) is 12.1.